The van der Waals surface area contributed by atoms with Gasteiger partial charge in [-0.15, -0.1) is 0 Å². The number of hydrogen-bond acceptors (Lipinski definition) is 4. The zero-order valence-corrected chi connectivity index (χ0v) is 14.8. The van der Waals surface area contributed by atoms with Crippen molar-refractivity contribution in [3.05, 3.63) is 70.8 Å². The number of hydrogen-bond donors (Lipinski definition) is 1. The fraction of sp³-hybridized carbons (Fsp3) is 0.105. The van der Waals surface area contributed by atoms with Crippen LogP contribution in [0.25, 0.3) is 11.1 Å². The fourth-order valence-corrected chi connectivity index (χ4v) is 2.92. The predicted molar refractivity (Wildman–Crippen MR) is 99.1 cm³/mol. The van der Waals surface area contributed by atoms with E-state index in [1.54, 1.807) is 13.3 Å². The highest BCUT2D eigenvalue weighted by Gasteiger charge is 2.09. The summed E-state index contributed by atoms with van der Waals surface area (Å²) in [6, 6.07) is 17.5. The minimum atomic E-state index is 0.428. The average Bonchev–Trinajstić information content (AvgIpc) is 2.61. The third kappa shape index (κ3) is 3.51. The summed E-state index contributed by atoms with van der Waals surface area (Å²) < 4.78 is 12.1. The van der Waals surface area contributed by atoms with Crippen LogP contribution in [-0.2, 0) is 6.61 Å². The van der Waals surface area contributed by atoms with Gasteiger partial charge in [-0.25, -0.2) is 4.98 Å². The lowest BCUT2D eigenvalue weighted by molar-refractivity contribution is 0.295. The molecule has 0 fully saturated rings. The second-order valence-corrected chi connectivity index (χ2v) is 6.04. The normalized spacial score (nSPS) is 10.4. The Morgan fingerprint density at radius 3 is 2.62 bits per heavy atom. The molecule has 122 valence electrons. The average molecular weight is 385 g/mol. The molecule has 2 aromatic carbocycles. The lowest BCUT2D eigenvalue weighted by atomic mass is 10.1. The minimum absolute atomic E-state index is 0.428. The van der Waals surface area contributed by atoms with Crippen molar-refractivity contribution in [1.82, 2.24) is 4.98 Å². The van der Waals surface area contributed by atoms with Crippen LogP contribution in [0.2, 0.25) is 0 Å². The maximum atomic E-state index is 5.94. The van der Waals surface area contributed by atoms with Crippen LogP contribution in [-0.4, -0.2) is 12.1 Å². The van der Waals surface area contributed by atoms with Crippen molar-refractivity contribution in [1.29, 1.82) is 0 Å². The molecular weight excluding hydrogens is 368 g/mol. The van der Waals surface area contributed by atoms with Gasteiger partial charge in [0.25, 0.3) is 0 Å². The molecule has 0 bridgehead atoms. The molecule has 0 radical (unpaired) electrons. The van der Waals surface area contributed by atoms with Gasteiger partial charge in [-0.2, -0.15) is 0 Å². The maximum absolute atomic E-state index is 5.94. The maximum Gasteiger partial charge on any atom is 0.134 e. The number of para-hydroxylation sites is 1. The Balaban J connectivity index is 1.80. The van der Waals surface area contributed by atoms with Crippen LogP contribution >= 0.6 is 15.9 Å². The molecule has 3 aromatic rings. The van der Waals surface area contributed by atoms with E-state index in [1.165, 1.54) is 0 Å². The summed E-state index contributed by atoms with van der Waals surface area (Å²) in [5.41, 5.74) is 8.81. The summed E-state index contributed by atoms with van der Waals surface area (Å²) in [6.45, 7) is 0.428. The van der Waals surface area contributed by atoms with E-state index in [4.69, 9.17) is 15.2 Å². The van der Waals surface area contributed by atoms with E-state index < -0.39 is 0 Å². The van der Waals surface area contributed by atoms with Gasteiger partial charge in [0.2, 0.25) is 0 Å². The Bertz CT molecular complexity index is 852. The van der Waals surface area contributed by atoms with Crippen LogP contribution in [0.1, 0.15) is 5.56 Å². The van der Waals surface area contributed by atoms with E-state index >= 15 is 0 Å². The Morgan fingerprint density at radius 1 is 1.04 bits per heavy atom. The number of halogens is 1. The van der Waals surface area contributed by atoms with Gasteiger partial charge in [0.1, 0.15) is 23.9 Å². The number of methoxy groups -OCH3 is 1. The Kier molecular flexibility index (Phi) is 5.01. The molecule has 2 N–H and O–H groups in total. The lowest BCUT2D eigenvalue weighted by Gasteiger charge is -2.12. The van der Waals surface area contributed by atoms with Crippen LogP contribution < -0.4 is 15.2 Å². The zero-order valence-electron chi connectivity index (χ0n) is 13.2. The number of aromatic nitrogens is 1. The van der Waals surface area contributed by atoms with Gasteiger partial charge < -0.3 is 15.2 Å². The number of benzene rings is 2. The molecule has 0 aliphatic rings. The van der Waals surface area contributed by atoms with Crippen molar-refractivity contribution in [2.24, 2.45) is 0 Å². The molecule has 0 atom stereocenters. The highest BCUT2D eigenvalue weighted by molar-refractivity contribution is 9.10. The highest BCUT2D eigenvalue weighted by Crippen LogP contribution is 2.33. The van der Waals surface area contributed by atoms with Crippen molar-refractivity contribution in [3.8, 4) is 22.6 Å². The molecule has 24 heavy (non-hydrogen) atoms. The Labute approximate surface area is 149 Å². The second-order valence-electron chi connectivity index (χ2n) is 5.18. The van der Waals surface area contributed by atoms with Gasteiger partial charge >= 0.3 is 0 Å². The van der Waals surface area contributed by atoms with Crippen LogP contribution in [0.15, 0.2) is 65.3 Å². The van der Waals surface area contributed by atoms with E-state index in [-0.39, 0.29) is 0 Å². The molecule has 0 aliphatic heterocycles. The quantitative estimate of drug-likeness (QED) is 0.693. The summed E-state index contributed by atoms with van der Waals surface area (Å²) in [6.07, 6.45) is 1.68. The molecule has 3 rings (SSSR count). The van der Waals surface area contributed by atoms with Crippen molar-refractivity contribution in [3.63, 3.8) is 0 Å². The van der Waals surface area contributed by atoms with Gasteiger partial charge in [0.05, 0.1) is 11.6 Å². The standard InChI is InChI=1S/C19H17BrN2O2/c1-23-17-7-3-2-5-14(17)12-24-18-9-8-13(11-16(18)20)15-6-4-10-22-19(15)21/h2-11H,12H2,1H3,(H2,21,22). The molecule has 0 aliphatic carbocycles. The Morgan fingerprint density at radius 2 is 1.88 bits per heavy atom. The monoisotopic (exact) mass is 384 g/mol. The van der Waals surface area contributed by atoms with Gasteiger partial charge in [0.15, 0.2) is 0 Å². The van der Waals surface area contributed by atoms with Gasteiger partial charge in [-0.3, -0.25) is 0 Å². The first-order chi connectivity index (χ1) is 11.7. The van der Waals surface area contributed by atoms with Crippen molar-refractivity contribution in [2.75, 3.05) is 12.8 Å². The van der Waals surface area contributed by atoms with Crippen LogP contribution in [0.5, 0.6) is 11.5 Å². The number of ether oxygens (including phenoxy) is 2. The van der Waals surface area contributed by atoms with E-state index in [2.05, 4.69) is 20.9 Å². The summed E-state index contributed by atoms with van der Waals surface area (Å²) >= 11 is 3.56. The summed E-state index contributed by atoms with van der Waals surface area (Å²) in [5, 5.41) is 0. The summed E-state index contributed by atoms with van der Waals surface area (Å²) in [7, 11) is 1.65. The molecule has 0 spiro atoms. The zero-order chi connectivity index (χ0) is 16.9. The van der Waals surface area contributed by atoms with Gasteiger partial charge in [0, 0.05) is 17.3 Å². The lowest BCUT2D eigenvalue weighted by Crippen LogP contribution is -1.99. The fourth-order valence-electron chi connectivity index (χ4n) is 2.42. The third-order valence-corrected chi connectivity index (χ3v) is 4.28. The third-order valence-electron chi connectivity index (χ3n) is 3.66. The number of pyridine rings is 1. The molecule has 0 saturated carbocycles. The van der Waals surface area contributed by atoms with Crippen molar-refractivity contribution in [2.45, 2.75) is 6.61 Å². The van der Waals surface area contributed by atoms with Crippen LogP contribution in [0.3, 0.4) is 0 Å². The minimum Gasteiger partial charge on any atom is -0.496 e. The molecule has 5 heteroatoms. The molecule has 1 heterocycles. The SMILES string of the molecule is COc1ccccc1COc1ccc(-c2cccnc2N)cc1Br. The summed E-state index contributed by atoms with van der Waals surface area (Å²) in [4.78, 5) is 4.12. The number of nitrogens with zero attached hydrogens (tertiary/aromatic N) is 1. The van der Waals surface area contributed by atoms with E-state index in [1.807, 2.05) is 54.6 Å². The number of rotatable bonds is 5. The Hall–Kier alpha value is -2.53. The van der Waals surface area contributed by atoms with E-state index in [0.29, 0.717) is 12.4 Å². The summed E-state index contributed by atoms with van der Waals surface area (Å²) in [5.74, 6) is 2.08. The second kappa shape index (κ2) is 7.36. The predicted octanol–water partition coefficient (Wildman–Crippen LogP) is 4.68. The molecular formula is C19H17BrN2O2. The molecule has 0 unspecified atom stereocenters. The topological polar surface area (TPSA) is 57.4 Å². The van der Waals surface area contributed by atoms with Crippen molar-refractivity contribution >= 4 is 21.7 Å². The smallest absolute Gasteiger partial charge is 0.134 e. The van der Waals surface area contributed by atoms with Crippen molar-refractivity contribution < 1.29 is 9.47 Å². The molecule has 1 aromatic heterocycles. The largest absolute Gasteiger partial charge is 0.496 e. The van der Waals surface area contributed by atoms with Crippen LogP contribution in [0.4, 0.5) is 5.82 Å². The van der Waals surface area contributed by atoms with Gasteiger partial charge in [-0.05, 0) is 51.8 Å². The highest BCUT2D eigenvalue weighted by atomic mass is 79.9. The number of nitrogen functional groups attached to an aromatic ring is 1. The van der Waals surface area contributed by atoms with E-state index in [9.17, 15) is 0 Å². The first-order valence-electron chi connectivity index (χ1n) is 7.44. The van der Waals surface area contributed by atoms with Gasteiger partial charge in [-0.1, -0.05) is 24.3 Å². The van der Waals surface area contributed by atoms with Crippen LogP contribution in [0, 0.1) is 0 Å². The molecule has 0 amide bonds. The number of nitrogens with two attached hydrogens (primary N) is 1. The molecule has 4 nitrogen and oxygen atoms in total. The van der Waals surface area contributed by atoms with E-state index in [0.717, 1.165) is 32.7 Å². The first kappa shape index (κ1) is 16.3. The first-order valence-corrected chi connectivity index (χ1v) is 8.23. The number of anilines is 1. The molecule has 0 saturated heterocycles.